The van der Waals surface area contributed by atoms with E-state index in [1.54, 1.807) is 15.8 Å². The van der Waals surface area contributed by atoms with Crippen molar-refractivity contribution in [1.29, 1.82) is 0 Å². The average molecular weight is 391 g/mol. The van der Waals surface area contributed by atoms with Crippen LogP contribution in [0.1, 0.15) is 52.7 Å². The first-order valence-corrected chi connectivity index (χ1v) is 10.3. The Morgan fingerprint density at radius 2 is 2.07 bits per heavy atom. The Hall–Kier alpha value is -2.29. The fourth-order valence-electron chi connectivity index (χ4n) is 3.45. The number of aromatic nitrogens is 4. The van der Waals surface area contributed by atoms with Gasteiger partial charge in [-0.1, -0.05) is 5.21 Å². The monoisotopic (exact) mass is 390 g/mol. The maximum Gasteiger partial charge on any atom is 0.276 e. The van der Waals surface area contributed by atoms with E-state index in [0.717, 1.165) is 24.4 Å². The van der Waals surface area contributed by atoms with Crippen LogP contribution >= 0.6 is 11.3 Å². The average Bonchev–Trinajstić information content (AvgIpc) is 3.31. The fraction of sp³-hybridized carbons (Fsp3) is 0.611. The highest BCUT2D eigenvalue weighted by atomic mass is 32.1. The van der Waals surface area contributed by atoms with Crippen molar-refractivity contribution < 1.29 is 9.59 Å². The van der Waals surface area contributed by atoms with Gasteiger partial charge in [-0.3, -0.25) is 14.3 Å². The predicted molar refractivity (Wildman–Crippen MR) is 103 cm³/mol. The zero-order valence-electron chi connectivity index (χ0n) is 16.1. The second-order valence-electron chi connectivity index (χ2n) is 6.81. The summed E-state index contributed by atoms with van der Waals surface area (Å²) in [6.45, 7) is 9.19. The number of carbonyl (C=O) groups excluding carboxylic acids is 2. The number of hydrogen-bond acceptors (Lipinski definition) is 6. The highest BCUT2D eigenvalue weighted by Crippen LogP contribution is 2.21. The summed E-state index contributed by atoms with van der Waals surface area (Å²) < 4.78 is 1.72. The first-order chi connectivity index (χ1) is 13.0. The number of hydrogen-bond donors (Lipinski definition) is 0. The molecule has 2 amide bonds. The third kappa shape index (κ3) is 4.52. The van der Waals surface area contributed by atoms with Crippen LogP contribution in [0.2, 0.25) is 0 Å². The van der Waals surface area contributed by atoms with E-state index in [1.165, 1.54) is 11.3 Å². The molecular formula is C18H26N6O2S. The second-order valence-corrected chi connectivity index (χ2v) is 7.88. The van der Waals surface area contributed by atoms with Crippen molar-refractivity contribution in [3.8, 4) is 0 Å². The molecule has 1 saturated heterocycles. The van der Waals surface area contributed by atoms with Gasteiger partial charge in [-0.2, -0.15) is 0 Å². The Balaban J connectivity index is 1.61. The van der Waals surface area contributed by atoms with Crippen LogP contribution in [0.15, 0.2) is 11.6 Å². The molecule has 2 aromatic heterocycles. The molecule has 2 aromatic rings. The number of rotatable bonds is 6. The Kier molecular flexibility index (Phi) is 6.20. The van der Waals surface area contributed by atoms with Crippen molar-refractivity contribution in [2.75, 3.05) is 26.2 Å². The van der Waals surface area contributed by atoms with Crippen molar-refractivity contribution in [1.82, 2.24) is 29.8 Å². The molecule has 1 aliphatic rings. The van der Waals surface area contributed by atoms with Crippen LogP contribution in [0, 0.1) is 12.8 Å². The number of nitrogens with zero attached hydrogens (tertiary/aromatic N) is 6. The summed E-state index contributed by atoms with van der Waals surface area (Å²) in [5, 5.41) is 10.9. The summed E-state index contributed by atoms with van der Waals surface area (Å²) in [6, 6.07) is 0. The van der Waals surface area contributed by atoms with Gasteiger partial charge in [0.1, 0.15) is 5.69 Å². The topological polar surface area (TPSA) is 84.2 Å². The molecule has 0 saturated carbocycles. The second kappa shape index (κ2) is 8.60. The van der Waals surface area contributed by atoms with Crippen molar-refractivity contribution in [2.24, 2.45) is 5.92 Å². The van der Waals surface area contributed by atoms with Gasteiger partial charge >= 0.3 is 0 Å². The van der Waals surface area contributed by atoms with Gasteiger partial charge in [0.25, 0.3) is 11.8 Å². The summed E-state index contributed by atoms with van der Waals surface area (Å²) >= 11 is 1.49. The minimum absolute atomic E-state index is 0.0000375. The highest BCUT2D eigenvalue weighted by Gasteiger charge is 2.26. The van der Waals surface area contributed by atoms with Crippen LogP contribution in [-0.2, 0) is 6.54 Å². The van der Waals surface area contributed by atoms with E-state index in [1.807, 2.05) is 31.1 Å². The maximum atomic E-state index is 12.6. The first-order valence-electron chi connectivity index (χ1n) is 9.42. The number of piperidine rings is 1. The van der Waals surface area contributed by atoms with E-state index in [2.05, 4.69) is 15.3 Å². The molecule has 146 valence electrons. The Morgan fingerprint density at radius 1 is 1.30 bits per heavy atom. The summed E-state index contributed by atoms with van der Waals surface area (Å²) in [4.78, 5) is 32.9. The lowest BCUT2D eigenvalue weighted by Gasteiger charge is -2.32. The minimum atomic E-state index is -0.0920. The third-order valence-electron chi connectivity index (χ3n) is 4.90. The zero-order chi connectivity index (χ0) is 19.4. The Morgan fingerprint density at radius 3 is 2.74 bits per heavy atom. The number of amides is 2. The number of likely N-dealkylation sites (tertiary alicyclic amines) is 1. The number of aryl methyl sites for hydroxylation is 1. The first kappa shape index (κ1) is 19.5. The molecule has 1 unspecified atom stereocenters. The molecule has 3 heterocycles. The van der Waals surface area contributed by atoms with Gasteiger partial charge in [-0.05, 0) is 39.5 Å². The van der Waals surface area contributed by atoms with Gasteiger partial charge in [-0.25, -0.2) is 4.98 Å². The number of thiazole rings is 1. The lowest BCUT2D eigenvalue weighted by atomic mass is 9.98. The van der Waals surface area contributed by atoms with Crippen LogP contribution in [0.25, 0.3) is 0 Å². The Bertz CT molecular complexity index is 797. The van der Waals surface area contributed by atoms with Gasteiger partial charge < -0.3 is 9.80 Å². The zero-order valence-corrected chi connectivity index (χ0v) is 16.9. The molecular weight excluding hydrogens is 364 g/mol. The molecule has 1 aliphatic heterocycles. The normalized spacial score (nSPS) is 17.1. The SMILES string of the molecule is CCN(CC)C(=O)c1cn(CC2CCCN(C(=O)c3csc(C)n3)C2)nn1. The van der Waals surface area contributed by atoms with Gasteiger partial charge in [0.05, 0.1) is 11.2 Å². The van der Waals surface area contributed by atoms with Crippen LogP contribution in [0.4, 0.5) is 0 Å². The maximum absolute atomic E-state index is 12.6. The summed E-state index contributed by atoms with van der Waals surface area (Å²) in [6.07, 6.45) is 3.70. The minimum Gasteiger partial charge on any atom is -0.338 e. The quantitative estimate of drug-likeness (QED) is 0.754. The predicted octanol–water partition coefficient (Wildman–Crippen LogP) is 2.08. The molecule has 8 nitrogen and oxygen atoms in total. The molecule has 27 heavy (non-hydrogen) atoms. The van der Waals surface area contributed by atoms with E-state index in [4.69, 9.17) is 0 Å². The van der Waals surface area contributed by atoms with E-state index in [0.29, 0.717) is 43.5 Å². The van der Waals surface area contributed by atoms with Gasteiger partial charge in [-0.15, -0.1) is 16.4 Å². The molecule has 3 rings (SSSR count). The molecule has 9 heteroatoms. The van der Waals surface area contributed by atoms with Gasteiger partial charge in [0.15, 0.2) is 5.69 Å². The molecule has 0 radical (unpaired) electrons. The molecule has 0 aliphatic carbocycles. The van der Waals surface area contributed by atoms with E-state index < -0.39 is 0 Å². The third-order valence-corrected chi connectivity index (χ3v) is 5.67. The molecule has 0 bridgehead atoms. The van der Waals surface area contributed by atoms with Crippen molar-refractivity contribution >= 4 is 23.2 Å². The number of carbonyl (C=O) groups is 2. The van der Waals surface area contributed by atoms with Crippen LogP contribution in [-0.4, -0.2) is 67.8 Å². The largest absolute Gasteiger partial charge is 0.338 e. The van der Waals surface area contributed by atoms with Crippen molar-refractivity contribution in [3.63, 3.8) is 0 Å². The van der Waals surface area contributed by atoms with E-state index in [-0.39, 0.29) is 11.8 Å². The van der Waals surface area contributed by atoms with E-state index >= 15 is 0 Å². The lowest BCUT2D eigenvalue weighted by molar-refractivity contribution is 0.0654. The van der Waals surface area contributed by atoms with Crippen LogP contribution < -0.4 is 0 Å². The molecule has 0 spiro atoms. The van der Waals surface area contributed by atoms with Crippen molar-refractivity contribution in [3.05, 3.63) is 28.0 Å². The standard InChI is InChI=1S/C18H26N6O2S/c1-4-22(5-2)17(25)15-11-24(21-20-15)10-14-7-6-8-23(9-14)18(26)16-12-27-13(3)19-16/h11-12,14H,4-10H2,1-3H3. The lowest BCUT2D eigenvalue weighted by Crippen LogP contribution is -2.41. The molecule has 1 fully saturated rings. The van der Waals surface area contributed by atoms with Crippen LogP contribution in [0.3, 0.4) is 0 Å². The molecule has 0 aromatic carbocycles. The van der Waals surface area contributed by atoms with Crippen LogP contribution in [0.5, 0.6) is 0 Å². The van der Waals surface area contributed by atoms with Gasteiger partial charge in [0, 0.05) is 38.1 Å². The molecule has 1 atom stereocenters. The molecule has 0 N–H and O–H groups in total. The highest BCUT2D eigenvalue weighted by molar-refractivity contribution is 7.09. The fourth-order valence-corrected chi connectivity index (χ4v) is 4.03. The smallest absolute Gasteiger partial charge is 0.276 e. The van der Waals surface area contributed by atoms with Gasteiger partial charge in [0.2, 0.25) is 0 Å². The Labute approximate surface area is 163 Å². The van der Waals surface area contributed by atoms with Crippen molar-refractivity contribution in [2.45, 2.75) is 40.2 Å². The summed E-state index contributed by atoms with van der Waals surface area (Å²) in [5.74, 6) is 0.200. The summed E-state index contributed by atoms with van der Waals surface area (Å²) in [5.41, 5.74) is 0.909. The summed E-state index contributed by atoms with van der Waals surface area (Å²) in [7, 11) is 0. The van der Waals surface area contributed by atoms with E-state index in [9.17, 15) is 9.59 Å².